The van der Waals surface area contributed by atoms with Gasteiger partial charge in [-0.25, -0.2) is 14.1 Å². The molecule has 3 aromatic rings. The number of nitrogens with zero attached hydrogens (tertiary/aromatic N) is 4. The third kappa shape index (κ3) is 4.44. The van der Waals surface area contributed by atoms with Crippen molar-refractivity contribution >= 4 is 23.2 Å². The average molecular weight is 375 g/mol. The first kappa shape index (κ1) is 18.0. The van der Waals surface area contributed by atoms with E-state index >= 15 is 0 Å². The van der Waals surface area contributed by atoms with Gasteiger partial charge in [0.1, 0.15) is 25.0 Å². The fourth-order valence-corrected chi connectivity index (χ4v) is 2.60. The van der Waals surface area contributed by atoms with Gasteiger partial charge in [0.25, 0.3) is 0 Å². The Hall–Kier alpha value is -2.77. The summed E-state index contributed by atoms with van der Waals surface area (Å²) in [5.74, 6) is -0.670. The number of carbonyl (C=O) groups excluding carboxylic acids is 1. The zero-order valence-corrected chi connectivity index (χ0v) is 14.4. The molecule has 1 amide bonds. The van der Waals surface area contributed by atoms with Crippen LogP contribution in [-0.2, 0) is 11.3 Å². The number of carbonyl (C=O) groups is 1. The molecule has 0 aliphatic carbocycles. The number of aliphatic hydroxyl groups is 1. The Morgan fingerprint density at radius 3 is 2.50 bits per heavy atom. The number of anilines is 1. The summed E-state index contributed by atoms with van der Waals surface area (Å²) in [5.41, 5.74) is 1.10. The Kier molecular flexibility index (Phi) is 5.60. The predicted octanol–water partition coefficient (Wildman–Crippen LogP) is 2.84. The summed E-state index contributed by atoms with van der Waals surface area (Å²) in [7, 11) is 0. The standard InChI is InChI=1S/C18H16ClFN4O2/c19-14-3-7-16(8-4-14)24(18(26)10-23-12-21-11-22-23)9-17(25)13-1-5-15(20)6-2-13/h1-8,11-12,17,25H,9-10H2. The van der Waals surface area contributed by atoms with Gasteiger partial charge in [-0.3, -0.25) is 4.79 Å². The molecule has 0 saturated carbocycles. The van der Waals surface area contributed by atoms with Crippen molar-refractivity contribution in [3.05, 3.63) is 77.6 Å². The normalized spacial score (nSPS) is 12.0. The van der Waals surface area contributed by atoms with E-state index in [2.05, 4.69) is 10.1 Å². The summed E-state index contributed by atoms with van der Waals surface area (Å²) >= 11 is 5.92. The van der Waals surface area contributed by atoms with Crippen molar-refractivity contribution in [1.82, 2.24) is 14.8 Å². The Bertz CT molecular complexity index is 854. The fraction of sp³-hybridized carbons (Fsp3) is 0.167. The van der Waals surface area contributed by atoms with Crippen LogP contribution < -0.4 is 4.90 Å². The van der Waals surface area contributed by atoms with E-state index in [1.54, 1.807) is 24.3 Å². The minimum Gasteiger partial charge on any atom is -0.387 e. The zero-order chi connectivity index (χ0) is 18.5. The van der Waals surface area contributed by atoms with Crippen LogP contribution in [0.25, 0.3) is 0 Å². The van der Waals surface area contributed by atoms with Crippen molar-refractivity contribution in [2.45, 2.75) is 12.6 Å². The number of amides is 1. The molecule has 134 valence electrons. The van der Waals surface area contributed by atoms with Crippen LogP contribution in [0.15, 0.2) is 61.2 Å². The van der Waals surface area contributed by atoms with E-state index in [1.165, 1.54) is 46.5 Å². The van der Waals surface area contributed by atoms with Gasteiger partial charge in [0, 0.05) is 10.7 Å². The molecular formula is C18H16ClFN4O2. The first-order valence-electron chi connectivity index (χ1n) is 7.85. The molecule has 3 rings (SSSR count). The monoisotopic (exact) mass is 374 g/mol. The van der Waals surface area contributed by atoms with Crippen LogP contribution >= 0.6 is 11.6 Å². The molecule has 1 unspecified atom stereocenters. The highest BCUT2D eigenvalue weighted by molar-refractivity contribution is 6.30. The van der Waals surface area contributed by atoms with Crippen LogP contribution in [-0.4, -0.2) is 32.3 Å². The summed E-state index contributed by atoms with van der Waals surface area (Å²) in [6.07, 6.45) is 1.80. The number of rotatable bonds is 6. The van der Waals surface area contributed by atoms with E-state index < -0.39 is 11.9 Å². The molecule has 0 saturated heterocycles. The van der Waals surface area contributed by atoms with E-state index in [9.17, 15) is 14.3 Å². The third-order valence-electron chi connectivity index (χ3n) is 3.81. The van der Waals surface area contributed by atoms with Crippen molar-refractivity contribution in [1.29, 1.82) is 0 Å². The number of aliphatic hydroxyl groups excluding tert-OH is 1. The highest BCUT2D eigenvalue weighted by Crippen LogP contribution is 2.22. The van der Waals surface area contributed by atoms with Crippen LogP contribution in [0.3, 0.4) is 0 Å². The van der Waals surface area contributed by atoms with Crippen molar-refractivity contribution < 1.29 is 14.3 Å². The second kappa shape index (κ2) is 8.07. The number of hydrogen-bond acceptors (Lipinski definition) is 4. The molecule has 0 spiro atoms. The molecule has 0 aliphatic heterocycles. The lowest BCUT2D eigenvalue weighted by Crippen LogP contribution is -2.37. The Balaban J connectivity index is 1.83. The molecule has 0 fully saturated rings. The first-order valence-corrected chi connectivity index (χ1v) is 8.22. The molecule has 1 N–H and O–H groups in total. The molecule has 6 nitrogen and oxygen atoms in total. The summed E-state index contributed by atoms with van der Waals surface area (Å²) in [6, 6.07) is 12.2. The van der Waals surface area contributed by atoms with E-state index in [1.807, 2.05) is 0 Å². The van der Waals surface area contributed by atoms with Gasteiger partial charge in [0.05, 0.1) is 12.6 Å². The van der Waals surface area contributed by atoms with Gasteiger partial charge in [-0.1, -0.05) is 23.7 Å². The number of benzene rings is 2. The van der Waals surface area contributed by atoms with Gasteiger partial charge in [-0.2, -0.15) is 5.10 Å². The van der Waals surface area contributed by atoms with Crippen LogP contribution in [0.5, 0.6) is 0 Å². The smallest absolute Gasteiger partial charge is 0.248 e. The molecule has 0 bridgehead atoms. The van der Waals surface area contributed by atoms with Gasteiger partial charge in [0.15, 0.2) is 0 Å². The van der Waals surface area contributed by atoms with E-state index in [4.69, 9.17) is 11.6 Å². The van der Waals surface area contributed by atoms with E-state index in [0.29, 0.717) is 16.3 Å². The lowest BCUT2D eigenvalue weighted by molar-refractivity contribution is -0.119. The summed E-state index contributed by atoms with van der Waals surface area (Å²) < 4.78 is 14.5. The zero-order valence-electron chi connectivity index (χ0n) is 13.7. The highest BCUT2D eigenvalue weighted by Gasteiger charge is 2.21. The Morgan fingerprint density at radius 2 is 1.88 bits per heavy atom. The lowest BCUT2D eigenvalue weighted by Gasteiger charge is -2.26. The maximum atomic E-state index is 13.1. The SMILES string of the molecule is O=C(Cn1cncn1)N(CC(O)c1ccc(F)cc1)c1ccc(Cl)cc1. The van der Waals surface area contributed by atoms with Crippen molar-refractivity contribution in [2.24, 2.45) is 0 Å². The topological polar surface area (TPSA) is 71.2 Å². The van der Waals surface area contributed by atoms with Crippen LogP contribution in [0.4, 0.5) is 10.1 Å². The predicted molar refractivity (Wildman–Crippen MR) is 95.2 cm³/mol. The summed E-state index contributed by atoms with van der Waals surface area (Å²) in [5, 5.41) is 15.0. The fourth-order valence-electron chi connectivity index (χ4n) is 2.47. The molecule has 26 heavy (non-hydrogen) atoms. The van der Waals surface area contributed by atoms with E-state index in [0.717, 1.165) is 0 Å². The number of hydrogen-bond donors (Lipinski definition) is 1. The van der Waals surface area contributed by atoms with Crippen molar-refractivity contribution in [3.8, 4) is 0 Å². The van der Waals surface area contributed by atoms with Crippen LogP contribution in [0.1, 0.15) is 11.7 Å². The quantitative estimate of drug-likeness (QED) is 0.720. The van der Waals surface area contributed by atoms with Crippen molar-refractivity contribution in [3.63, 3.8) is 0 Å². The maximum absolute atomic E-state index is 13.1. The second-order valence-corrected chi connectivity index (χ2v) is 6.08. The maximum Gasteiger partial charge on any atom is 0.248 e. The van der Waals surface area contributed by atoms with Gasteiger partial charge >= 0.3 is 0 Å². The van der Waals surface area contributed by atoms with Crippen LogP contribution in [0.2, 0.25) is 5.02 Å². The summed E-state index contributed by atoms with van der Waals surface area (Å²) in [6.45, 7) is -0.0282. The second-order valence-electron chi connectivity index (χ2n) is 5.64. The molecule has 8 heteroatoms. The number of halogens is 2. The highest BCUT2D eigenvalue weighted by atomic mass is 35.5. The Labute approximate surface area is 154 Å². The lowest BCUT2D eigenvalue weighted by atomic mass is 10.1. The molecular weight excluding hydrogens is 359 g/mol. The van der Waals surface area contributed by atoms with Gasteiger partial charge < -0.3 is 10.0 Å². The molecule has 0 aliphatic rings. The summed E-state index contributed by atoms with van der Waals surface area (Å²) in [4.78, 5) is 18.0. The van der Waals surface area contributed by atoms with Gasteiger partial charge in [0.2, 0.25) is 5.91 Å². The molecule has 1 heterocycles. The molecule has 1 atom stereocenters. The third-order valence-corrected chi connectivity index (χ3v) is 4.07. The van der Waals surface area contributed by atoms with E-state index in [-0.39, 0.29) is 19.0 Å². The minimum atomic E-state index is -0.981. The van der Waals surface area contributed by atoms with Crippen LogP contribution in [0, 0.1) is 5.82 Å². The minimum absolute atomic E-state index is 0.000789. The van der Waals surface area contributed by atoms with Gasteiger partial charge in [-0.15, -0.1) is 0 Å². The Morgan fingerprint density at radius 1 is 1.19 bits per heavy atom. The molecule has 1 aromatic heterocycles. The van der Waals surface area contributed by atoms with Gasteiger partial charge in [-0.05, 0) is 42.0 Å². The first-order chi connectivity index (χ1) is 12.5. The average Bonchev–Trinajstić information content (AvgIpc) is 3.14. The number of aromatic nitrogens is 3. The molecule has 0 radical (unpaired) electrons. The van der Waals surface area contributed by atoms with Crippen molar-refractivity contribution in [2.75, 3.05) is 11.4 Å². The molecule has 2 aromatic carbocycles. The largest absolute Gasteiger partial charge is 0.387 e.